The third-order valence-corrected chi connectivity index (χ3v) is 3.51. The highest BCUT2D eigenvalue weighted by Crippen LogP contribution is 2.13. The summed E-state index contributed by atoms with van der Waals surface area (Å²) in [7, 11) is 0. The van der Waals surface area contributed by atoms with E-state index in [1.165, 1.54) is 0 Å². The Hall–Kier alpha value is -3.61. The predicted octanol–water partition coefficient (Wildman–Crippen LogP) is 2.75. The summed E-state index contributed by atoms with van der Waals surface area (Å²) >= 11 is 0. The Bertz CT molecular complexity index is 789. The second kappa shape index (κ2) is 10.4. The van der Waals surface area contributed by atoms with E-state index in [-0.39, 0.29) is 30.8 Å². The van der Waals surface area contributed by atoms with E-state index < -0.39 is 0 Å². The van der Waals surface area contributed by atoms with Crippen molar-refractivity contribution in [3.63, 3.8) is 0 Å². The molecule has 0 bridgehead atoms. The number of hydrogen-bond donors (Lipinski definition) is 4. The van der Waals surface area contributed by atoms with Crippen LogP contribution in [0.2, 0.25) is 0 Å². The van der Waals surface area contributed by atoms with Crippen LogP contribution >= 0.6 is 0 Å². The van der Waals surface area contributed by atoms with Gasteiger partial charge in [0, 0.05) is 36.4 Å². The molecule has 2 aromatic rings. The summed E-state index contributed by atoms with van der Waals surface area (Å²) in [5.74, 6) is -0.429. The minimum absolute atomic E-state index is 0.155. The average molecular weight is 366 g/mol. The van der Waals surface area contributed by atoms with Crippen LogP contribution in [0.3, 0.4) is 0 Å². The number of nitrogens with one attached hydrogen (secondary N) is 4. The van der Waals surface area contributed by atoms with Crippen molar-refractivity contribution >= 4 is 29.2 Å². The molecule has 0 aliphatic carbocycles. The molecule has 0 unspecified atom stereocenters. The van der Waals surface area contributed by atoms with Crippen LogP contribution in [0.5, 0.6) is 0 Å². The van der Waals surface area contributed by atoms with E-state index in [1.807, 2.05) is 6.07 Å². The summed E-state index contributed by atoms with van der Waals surface area (Å²) in [6.45, 7) is 4.13. The smallest absolute Gasteiger partial charge is 0.319 e. The van der Waals surface area contributed by atoms with Crippen LogP contribution in [0.15, 0.2) is 67.3 Å². The van der Waals surface area contributed by atoms with E-state index in [9.17, 15) is 14.4 Å². The van der Waals surface area contributed by atoms with Crippen LogP contribution in [0.1, 0.15) is 16.8 Å². The third kappa shape index (κ3) is 7.03. The van der Waals surface area contributed by atoms with E-state index in [4.69, 9.17) is 0 Å². The Morgan fingerprint density at radius 3 is 2.11 bits per heavy atom. The zero-order chi connectivity index (χ0) is 19.5. The van der Waals surface area contributed by atoms with E-state index in [2.05, 4.69) is 27.8 Å². The highest BCUT2D eigenvalue weighted by Gasteiger charge is 2.07. The molecule has 0 saturated heterocycles. The topological polar surface area (TPSA) is 99.3 Å². The number of urea groups is 1. The number of carbonyl (C=O) groups is 3. The molecule has 0 aliphatic heterocycles. The molecule has 4 N–H and O–H groups in total. The van der Waals surface area contributed by atoms with Gasteiger partial charge in [0.2, 0.25) is 5.91 Å². The monoisotopic (exact) mass is 366 g/mol. The molecular weight excluding hydrogens is 344 g/mol. The lowest BCUT2D eigenvalue weighted by molar-refractivity contribution is -0.116. The van der Waals surface area contributed by atoms with Gasteiger partial charge in [-0.2, -0.15) is 0 Å². The van der Waals surface area contributed by atoms with Gasteiger partial charge in [-0.3, -0.25) is 9.59 Å². The van der Waals surface area contributed by atoms with Gasteiger partial charge in [0.1, 0.15) is 0 Å². The fourth-order valence-corrected chi connectivity index (χ4v) is 2.18. The first-order valence-corrected chi connectivity index (χ1v) is 8.47. The summed E-state index contributed by atoms with van der Waals surface area (Å²) in [6.07, 6.45) is 1.74. The second-order valence-electron chi connectivity index (χ2n) is 5.62. The Kier molecular flexibility index (Phi) is 7.59. The molecular formula is C20H22N4O3. The van der Waals surface area contributed by atoms with Crippen molar-refractivity contribution in [1.82, 2.24) is 10.6 Å². The summed E-state index contributed by atoms with van der Waals surface area (Å²) in [4.78, 5) is 35.4. The standard InChI is InChI=1S/C20H22N4O3/c1-2-13-22-20(27)24-17-10-8-16(9-11-17)23-18(25)12-14-21-19(26)15-6-4-3-5-7-15/h2-11H,1,12-14H2,(H,21,26)(H,23,25)(H2,22,24,27). The van der Waals surface area contributed by atoms with Crippen molar-refractivity contribution < 1.29 is 14.4 Å². The van der Waals surface area contributed by atoms with Crippen LogP contribution in [0.4, 0.5) is 16.2 Å². The molecule has 0 aliphatic rings. The minimum atomic E-state index is -0.333. The molecule has 2 rings (SSSR count). The number of carbonyl (C=O) groups excluding carboxylic acids is 3. The minimum Gasteiger partial charge on any atom is -0.352 e. The normalized spacial score (nSPS) is 9.78. The Morgan fingerprint density at radius 2 is 1.48 bits per heavy atom. The molecule has 0 aromatic heterocycles. The van der Waals surface area contributed by atoms with E-state index in [0.717, 1.165) is 0 Å². The van der Waals surface area contributed by atoms with Gasteiger partial charge in [-0.25, -0.2) is 4.79 Å². The molecule has 7 nitrogen and oxygen atoms in total. The van der Waals surface area contributed by atoms with Gasteiger partial charge in [0.05, 0.1) is 0 Å². The maximum absolute atomic E-state index is 12.0. The van der Waals surface area contributed by atoms with Crippen LogP contribution in [0, 0.1) is 0 Å². The SMILES string of the molecule is C=CCNC(=O)Nc1ccc(NC(=O)CCNC(=O)c2ccccc2)cc1. The first kappa shape index (κ1) is 19.7. The van der Waals surface area contributed by atoms with Gasteiger partial charge in [-0.05, 0) is 36.4 Å². The maximum Gasteiger partial charge on any atom is 0.319 e. The predicted molar refractivity (Wildman–Crippen MR) is 106 cm³/mol. The van der Waals surface area contributed by atoms with Gasteiger partial charge in [-0.15, -0.1) is 6.58 Å². The number of rotatable bonds is 8. The maximum atomic E-state index is 12.0. The van der Waals surface area contributed by atoms with E-state index in [0.29, 0.717) is 23.5 Å². The Balaban J connectivity index is 1.73. The quantitative estimate of drug-likeness (QED) is 0.541. The van der Waals surface area contributed by atoms with Crippen molar-refractivity contribution in [2.24, 2.45) is 0 Å². The number of hydrogen-bond acceptors (Lipinski definition) is 3. The van der Waals surface area contributed by atoms with E-state index >= 15 is 0 Å². The molecule has 27 heavy (non-hydrogen) atoms. The molecule has 0 fully saturated rings. The number of benzene rings is 2. The lowest BCUT2D eigenvalue weighted by atomic mass is 10.2. The van der Waals surface area contributed by atoms with Crippen LogP contribution in [-0.2, 0) is 4.79 Å². The van der Waals surface area contributed by atoms with Crippen LogP contribution in [0.25, 0.3) is 0 Å². The molecule has 0 radical (unpaired) electrons. The van der Waals surface area contributed by atoms with E-state index in [1.54, 1.807) is 54.6 Å². The summed E-state index contributed by atoms with van der Waals surface area (Å²) in [5.41, 5.74) is 1.76. The molecule has 0 spiro atoms. The first-order chi connectivity index (χ1) is 13.1. The molecule has 7 heteroatoms. The zero-order valence-corrected chi connectivity index (χ0v) is 14.8. The summed E-state index contributed by atoms with van der Waals surface area (Å²) in [5, 5.41) is 10.7. The van der Waals surface area contributed by atoms with Gasteiger partial charge in [-0.1, -0.05) is 24.3 Å². The van der Waals surface area contributed by atoms with Gasteiger partial charge < -0.3 is 21.3 Å². The molecule has 0 atom stereocenters. The molecule has 2 aromatic carbocycles. The largest absolute Gasteiger partial charge is 0.352 e. The Morgan fingerprint density at radius 1 is 0.852 bits per heavy atom. The highest BCUT2D eigenvalue weighted by atomic mass is 16.2. The molecule has 4 amide bonds. The molecule has 0 heterocycles. The van der Waals surface area contributed by atoms with Gasteiger partial charge in [0.15, 0.2) is 0 Å². The fourth-order valence-electron chi connectivity index (χ4n) is 2.18. The van der Waals surface area contributed by atoms with Gasteiger partial charge >= 0.3 is 6.03 Å². The summed E-state index contributed by atoms with van der Waals surface area (Å²) < 4.78 is 0. The first-order valence-electron chi connectivity index (χ1n) is 8.47. The van der Waals surface area contributed by atoms with Crippen molar-refractivity contribution in [2.75, 3.05) is 23.7 Å². The molecule has 0 saturated carbocycles. The van der Waals surface area contributed by atoms with Crippen molar-refractivity contribution in [1.29, 1.82) is 0 Å². The van der Waals surface area contributed by atoms with Gasteiger partial charge in [0.25, 0.3) is 5.91 Å². The highest BCUT2D eigenvalue weighted by molar-refractivity contribution is 5.95. The fraction of sp³-hybridized carbons (Fsp3) is 0.150. The zero-order valence-electron chi connectivity index (χ0n) is 14.8. The van der Waals surface area contributed by atoms with Crippen molar-refractivity contribution in [3.8, 4) is 0 Å². The second-order valence-corrected chi connectivity index (χ2v) is 5.62. The lowest BCUT2D eigenvalue weighted by Gasteiger charge is -2.09. The lowest BCUT2D eigenvalue weighted by Crippen LogP contribution is -2.28. The van der Waals surface area contributed by atoms with Crippen LogP contribution < -0.4 is 21.3 Å². The van der Waals surface area contributed by atoms with Crippen molar-refractivity contribution in [2.45, 2.75) is 6.42 Å². The average Bonchev–Trinajstić information content (AvgIpc) is 2.68. The number of anilines is 2. The summed E-state index contributed by atoms with van der Waals surface area (Å²) in [6, 6.07) is 15.2. The third-order valence-electron chi connectivity index (χ3n) is 3.51. The Labute approximate surface area is 157 Å². The van der Waals surface area contributed by atoms with Crippen LogP contribution in [-0.4, -0.2) is 30.9 Å². The molecule has 140 valence electrons. The van der Waals surface area contributed by atoms with Crippen molar-refractivity contribution in [3.05, 3.63) is 72.8 Å². The number of amides is 4.